The Bertz CT molecular complexity index is 859. The van der Waals surface area contributed by atoms with E-state index in [1.807, 2.05) is 0 Å². The van der Waals surface area contributed by atoms with Gasteiger partial charge in [-0.2, -0.15) is 0 Å². The molecule has 5 rings (SSSR count). The number of anilines is 1. The Labute approximate surface area is 179 Å². The molecule has 0 atom stereocenters. The molecule has 2 fully saturated rings. The minimum Gasteiger partial charge on any atom is -0.370 e. The van der Waals surface area contributed by atoms with E-state index in [-0.39, 0.29) is 0 Å². The van der Waals surface area contributed by atoms with Crippen LogP contribution in [0.1, 0.15) is 48.9 Å². The van der Waals surface area contributed by atoms with Crippen LogP contribution in [0.25, 0.3) is 11.4 Å². The summed E-state index contributed by atoms with van der Waals surface area (Å²) in [5.74, 6) is 1.77. The molecule has 0 radical (unpaired) electrons. The van der Waals surface area contributed by atoms with Gasteiger partial charge >= 0.3 is 0 Å². The van der Waals surface area contributed by atoms with Crippen LogP contribution in [0.4, 0.5) is 5.82 Å². The minimum absolute atomic E-state index is 0.584. The van der Waals surface area contributed by atoms with E-state index >= 15 is 0 Å². The summed E-state index contributed by atoms with van der Waals surface area (Å²) in [6.07, 6.45) is 6.48. The predicted octanol–water partition coefficient (Wildman–Crippen LogP) is 3.67. The molecule has 160 valence electrons. The van der Waals surface area contributed by atoms with Crippen molar-refractivity contribution in [3.63, 3.8) is 0 Å². The number of fused-ring (bicyclic) bond motifs is 1. The summed E-state index contributed by atoms with van der Waals surface area (Å²) in [6, 6.07) is 8.74. The lowest BCUT2D eigenvalue weighted by molar-refractivity contribution is 0.133. The van der Waals surface area contributed by atoms with Gasteiger partial charge in [0.25, 0.3) is 0 Å². The van der Waals surface area contributed by atoms with Crippen LogP contribution < -0.4 is 5.32 Å². The average Bonchev–Trinajstić information content (AvgIpc) is 3.54. The van der Waals surface area contributed by atoms with Crippen LogP contribution in [0.15, 0.2) is 24.3 Å². The van der Waals surface area contributed by atoms with Gasteiger partial charge in [0.05, 0.1) is 18.9 Å². The van der Waals surface area contributed by atoms with Crippen LogP contribution in [0.5, 0.6) is 0 Å². The van der Waals surface area contributed by atoms with Gasteiger partial charge in [-0.25, -0.2) is 9.97 Å². The summed E-state index contributed by atoms with van der Waals surface area (Å²) in [7, 11) is 0. The average molecular weight is 408 g/mol. The van der Waals surface area contributed by atoms with Crippen molar-refractivity contribution in [2.24, 2.45) is 0 Å². The lowest BCUT2D eigenvalue weighted by Crippen LogP contribution is -2.22. The molecule has 1 N–H and O–H groups in total. The lowest BCUT2D eigenvalue weighted by Gasteiger charge is -2.16. The smallest absolute Gasteiger partial charge is 0.161 e. The number of hydrogen-bond donors (Lipinski definition) is 1. The van der Waals surface area contributed by atoms with Crippen LogP contribution in [-0.4, -0.2) is 59.0 Å². The molecule has 1 aromatic carbocycles. The van der Waals surface area contributed by atoms with E-state index in [0.717, 1.165) is 48.0 Å². The first-order valence-electron chi connectivity index (χ1n) is 11.6. The highest BCUT2D eigenvalue weighted by molar-refractivity contribution is 5.61. The van der Waals surface area contributed by atoms with Crippen LogP contribution in [0, 0.1) is 0 Å². The molecule has 6 heteroatoms. The van der Waals surface area contributed by atoms with Crippen molar-refractivity contribution in [2.75, 3.05) is 44.6 Å². The van der Waals surface area contributed by atoms with E-state index in [1.54, 1.807) is 0 Å². The van der Waals surface area contributed by atoms with Crippen molar-refractivity contribution >= 4 is 5.82 Å². The summed E-state index contributed by atoms with van der Waals surface area (Å²) in [4.78, 5) is 14.9. The Morgan fingerprint density at radius 2 is 1.73 bits per heavy atom. The van der Waals surface area contributed by atoms with Gasteiger partial charge in [0.2, 0.25) is 0 Å². The fourth-order valence-corrected chi connectivity index (χ4v) is 4.85. The van der Waals surface area contributed by atoms with E-state index < -0.39 is 0 Å². The molecule has 1 aromatic heterocycles. The molecule has 0 unspecified atom stereocenters. The number of nitrogens with zero attached hydrogens (tertiary/aromatic N) is 4. The van der Waals surface area contributed by atoms with E-state index in [1.165, 1.54) is 64.0 Å². The molecule has 0 amide bonds. The highest BCUT2D eigenvalue weighted by atomic mass is 16.5. The van der Waals surface area contributed by atoms with Crippen molar-refractivity contribution in [3.8, 4) is 11.4 Å². The third-order valence-corrected chi connectivity index (χ3v) is 6.51. The molecule has 3 aliphatic rings. The lowest BCUT2D eigenvalue weighted by atomic mass is 10.1. The van der Waals surface area contributed by atoms with Crippen LogP contribution in [0.2, 0.25) is 0 Å². The van der Waals surface area contributed by atoms with Gasteiger partial charge < -0.3 is 15.0 Å². The zero-order valence-corrected chi connectivity index (χ0v) is 17.9. The van der Waals surface area contributed by atoms with Gasteiger partial charge in [0.15, 0.2) is 5.82 Å². The van der Waals surface area contributed by atoms with Gasteiger partial charge in [-0.1, -0.05) is 18.2 Å². The van der Waals surface area contributed by atoms with Crippen molar-refractivity contribution in [3.05, 3.63) is 41.1 Å². The molecule has 0 saturated carbocycles. The fraction of sp³-hybridized carbons (Fsp3) is 0.583. The second kappa shape index (κ2) is 9.41. The van der Waals surface area contributed by atoms with Crippen LogP contribution >= 0.6 is 0 Å². The molecule has 30 heavy (non-hydrogen) atoms. The maximum atomic E-state index is 5.69. The highest BCUT2D eigenvalue weighted by Crippen LogP contribution is 2.28. The van der Waals surface area contributed by atoms with E-state index in [9.17, 15) is 0 Å². The number of rotatable bonds is 8. The van der Waals surface area contributed by atoms with Crippen molar-refractivity contribution in [1.29, 1.82) is 0 Å². The number of benzene rings is 1. The van der Waals surface area contributed by atoms with Crippen LogP contribution in [-0.2, 0) is 24.5 Å². The minimum atomic E-state index is 0.584. The Kier molecular flexibility index (Phi) is 6.25. The Hall–Kier alpha value is -2.02. The largest absolute Gasteiger partial charge is 0.370 e. The molecule has 2 aromatic rings. The van der Waals surface area contributed by atoms with Gasteiger partial charge in [-0.05, 0) is 76.5 Å². The van der Waals surface area contributed by atoms with Gasteiger partial charge in [0.1, 0.15) is 5.82 Å². The molecule has 0 bridgehead atoms. The summed E-state index contributed by atoms with van der Waals surface area (Å²) in [6.45, 7) is 9.26. The second-order valence-electron chi connectivity index (χ2n) is 8.83. The van der Waals surface area contributed by atoms with Crippen molar-refractivity contribution in [2.45, 2.75) is 51.9 Å². The van der Waals surface area contributed by atoms with E-state index in [4.69, 9.17) is 14.7 Å². The summed E-state index contributed by atoms with van der Waals surface area (Å²) < 4.78 is 5.69. The topological polar surface area (TPSA) is 53.5 Å². The Morgan fingerprint density at radius 3 is 2.57 bits per heavy atom. The maximum absolute atomic E-state index is 5.69. The second-order valence-corrected chi connectivity index (χ2v) is 8.83. The molecular weight excluding hydrogens is 374 g/mol. The van der Waals surface area contributed by atoms with Gasteiger partial charge in [-0.15, -0.1) is 0 Å². The Balaban J connectivity index is 1.29. The molecule has 3 aliphatic heterocycles. The molecule has 4 heterocycles. The standard InChI is InChI=1S/C24H33N5O/c1-2-11-28(10-1)14-6-9-25-24-21-17-30-18-22(21)26-23(27-24)20-8-5-7-19(15-20)16-29-12-3-4-13-29/h5,7-8,15H,1-4,6,9-14,16-18H2,(H,25,26,27). The first kappa shape index (κ1) is 19.9. The molecular formula is C24H33N5O. The van der Waals surface area contributed by atoms with Crippen molar-refractivity contribution in [1.82, 2.24) is 19.8 Å². The van der Waals surface area contributed by atoms with Crippen molar-refractivity contribution < 1.29 is 4.74 Å². The molecule has 2 saturated heterocycles. The molecule has 0 spiro atoms. The zero-order valence-electron chi connectivity index (χ0n) is 17.9. The monoisotopic (exact) mass is 407 g/mol. The first-order valence-corrected chi connectivity index (χ1v) is 11.6. The fourth-order valence-electron chi connectivity index (χ4n) is 4.85. The maximum Gasteiger partial charge on any atom is 0.161 e. The third kappa shape index (κ3) is 4.66. The summed E-state index contributed by atoms with van der Waals surface area (Å²) >= 11 is 0. The summed E-state index contributed by atoms with van der Waals surface area (Å²) in [5, 5.41) is 3.59. The normalized spacial score (nSPS) is 19.5. The Morgan fingerprint density at radius 1 is 0.933 bits per heavy atom. The van der Waals surface area contributed by atoms with Gasteiger partial charge in [-0.3, -0.25) is 4.90 Å². The molecule has 0 aliphatic carbocycles. The van der Waals surface area contributed by atoms with Gasteiger partial charge in [0, 0.05) is 24.2 Å². The summed E-state index contributed by atoms with van der Waals surface area (Å²) in [5.41, 5.74) is 4.61. The number of likely N-dealkylation sites (tertiary alicyclic amines) is 2. The SMILES string of the molecule is c1cc(CN2CCCC2)cc(-c2nc3c(c(NCCCN4CCCC4)n2)COC3)c1. The number of ether oxygens (including phenoxy) is 1. The zero-order chi connectivity index (χ0) is 20.2. The number of aromatic nitrogens is 2. The highest BCUT2D eigenvalue weighted by Gasteiger charge is 2.21. The predicted molar refractivity (Wildman–Crippen MR) is 119 cm³/mol. The number of nitrogens with one attached hydrogen (secondary N) is 1. The molecule has 6 nitrogen and oxygen atoms in total. The quantitative estimate of drug-likeness (QED) is 0.674. The van der Waals surface area contributed by atoms with E-state index in [0.29, 0.717) is 13.2 Å². The van der Waals surface area contributed by atoms with E-state index in [2.05, 4.69) is 39.4 Å². The first-order chi connectivity index (χ1) is 14.8. The third-order valence-electron chi connectivity index (χ3n) is 6.51. The van der Waals surface area contributed by atoms with Crippen LogP contribution in [0.3, 0.4) is 0 Å². The number of hydrogen-bond acceptors (Lipinski definition) is 6.